The molecule has 0 fully saturated rings. The molecule has 2 N–H and O–H groups in total. The zero-order valence-corrected chi connectivity index (χ0v) is 24.1. The third-order valence-electron chi connectivity index (χ3n) is 5.99. The van der Waals surface area contributed by atoms with E-state index in [0.29, 0.717) is 27.8 Å². The number of nitrogens with one attached hydrogen (secondary N) is 2. The van der Waals surface area contributed by atoms with Crippen molar-refractivity contribution in [3.63, 3.8) is 0 Å². The van der Waals surface area contributed by atoms with Crippen LogP contribution in [0.3, 0.4) is 0 Å². The molecular weight excluding hydrogens is 574 g/mol. The van der Waals surface area contributed by atoms with Gasteiger partial charge in [0.2, 0.25) is 0 Å². The van der Waals surface area contributed by atoms with Gasteiger partial charge in [-0.05, 0) is 97.4 Å². The van der Waals surface area contributed by atoms with Gasteiger partial charge in [-0.2, -0.15) is 0 Å². The summed E-state index contributed by atoms with van der Waals surface area (Å²) in [5.74, 6) is -0.0640. The van der Waals surface area contributed by atoms with Gasteiger partial charge in [-0.15, -0.1) is 0 Å². The van der Waals surface area contributed by atoms with Gasteiger partial charge in [0.1, 0.15) is 5.75 Å². The first-order valence-corrected chi connectivity index (χ1v) is 15.1. The van der Waals surface area contributed by atoms with E-state index in [-0.39, 0.29) is 15.4 Å². The summed E-state index contributed by atoms with van der Waals surface area (Å²) in [5, 5.41) is 3.13. The molecule has 0 heterocycles. The number of amides is 1. The summed E-state index contributed by atoms with van der Waals surface area (Å²) in [6.07, 6.45) is 0. The van der Waals surface area contributed by atoms with Crippen LogP contribution in [0.4, 0.5) is 17.1 Å². The van der Waals surface area contributed by atoms with Gasteiger partial charge < -0.3 is 10.1 Å². The molecule has 208 valence electrons. The second-order valence-corrected chi connectivity index (χ2v) is 12.8. The average Bonchev–Trinajstić information content (AvgIpc) is 2.93. The molecule has 0 aliphatic heterocycles. The Morgan fingerprint density at radius 3 is 2.02 bits per heavy atom. The molecule has 1 amide bonds. The lowest BCUT2D eigenvalue weighted by Crippen LogP contribution is -2.26. The highest BCUT2D eigenvalue weighted by Crippen LogP contribution is 2.28. The molecule has 0 spiro atoms. The van der Waals surface area contributed by atoms with Gasteiger partial charge in [-0.25, -0.2) is 16.8 Å². The van der Waals surface area contributed by atoms with E-state index in [2.05, 4.69) is 10.0 Å². The Morgan fingerprint density at radius 2 is 1.43 bits per heavy atom. The van der Waals surface area contributed by atoms with E-state index >= 15 is 0 Å². The number of benzene rings is 4. The van der Waals surface area contributed by atoms with Gasteiger partial charge in [0, 0.05) is 23.3 Å². The molecule has 4 rings (SSSR count). The van der Waals surface area contributed by atoms with Crippen LogP contribution in [0.25, 0.3) is 0 Å². The van der Waals surface area contributed by atoms with Crippen LogP contribution in [-0.4, -0.2) is 36.9 Å². The molecule has 0 saturated heterocycles. The summed E-state index contributed by atoms with van der Waals surface area (Å²) >= 11 is 5.86. The number of hydrogen-bond acceptors (Lipinski definition) is 6. The summed E-state index contributed by atoms with van der Waals surface area (Å²) in [6, 6.07) is 22.7. The molecule has 40 heavy (non-hydrogen) atoms. The number of hydrogen-bond donors (Lipinski definition) is 2. The van der Waals surface area contributed by atoms with Crippen molar-refractivity contribution < 1.29 is 26.4 Å². The molecule has 0 radical (unpaired) electrons. The Morgan fingerprint density at radius 1 is 0.825 bits per heavy atom. The molecule has 9 nitrogen and oxygen atoms in total. The maximum Gasteiger partial charge on any atom is 0.264 e. The lowest BCUT2D eigenvalue weighted by Gasteiger charge is -2.20. The first-order chi connectivity index (χ1) is 18.9. The van der Waals surface area contributed by atoms with Crippen molar-refractivity contribution in [3.05, 3.63) is 107 Å². The normalized spacial score (nSPS) is 11.5. The van der Waals surface area contributed by atoms with Crippen molar-refractivity contribution in [1.29, 1.82) is 0 Å². The average molecular weight is 600 g/mol. The predicted molar refractivity (Wildman–Crippen MR) is 156 cm³/mol. The van der Waals surface area contributed by atoms with Crippen LogP contribution >= 0.6 is 11.6 Å². The zero-order chi connectivity index (χ0) is 29.1. The fraction of sp³-hybridized carbons (Fsp3) is 0.107. The van der Waals surface area contributed by atoms with Gasteiger partial charge in [0.15, 0.2) is 0 Å². The van der Waals surface area contributed by atoms with E-state index in [1.165, 1.54) is 87.0 Å². The minimum absolute atomic E-state index is 0.00310. The van der Waals surface area contributed by atoms with Crippen molar-refractivity contribution in [2.45, 2.75) is 16.7 Å². The Balaban J connectivity index is 1.44. The Bertz CT molecular complexity index is 1740. The highest BCUT2D eigenvalue weighted by molar-refractivity contribution is 7.93. The number of carbonyl (C=O) groups is 1. The van der Waals surface area contributed by atoms with Gasteiger partial charge in [0.05, 0.1) is 28.3 Å². The Labute approximate surface area is 238 Å². The maximum absolute atomic E-state index is 12.9. The number of nitrogens with zero attached hydrogens (tertiary/aromatic N) is 1. The van der Waals surface area contributed by atoms with E-state index in [1.54, 1.807) is 12.1 Å². The molecule has 4 aromatic rings. The van der Waals surface area contributed by atoms with Crippen LogP contribution in [0.15, 0.2) is 101 Å². The molecule has 0 saturated carbocycles. The number of carbonyl (C=O) groups excluding carboxylic acids is 1. The lowest BCUT2D eigenvalue weighted by molar-refractivity contribution is 0.102. The van der Waals surface area contributed by atoms with Crippen LogP contribution in [0.5, 0.6) is 5.75 Å². The van der Waals surface area contributed by atoms with Gasteiger partial charge in [-0.1, -0.05) is 17.7 Å². The lowest BCUT2D eigenvalue weighted by atomic mass is 10.2. The summed E-state index contributed by atoms with van der Waals surface area (Å²) in [4.78, 5) is 12.9. The largest absolute Gasteiger partial charge is 0.495 e. The quantitative estimate of drug-likeness (QED) is 0.261. The third kappa shape index (κ3) is 6.39. The van der Waals surface area contributed by atoms with Crippen LogP contribution < -0.4 is 19.1 Å². The highest BCUT2D eigenvalue weighted by Gasteiger charge is 2.22. The summed E-state index contributed by atoms with van der Waals surface area (Å²) in [7, 11) is -4.86. The van der Waals surface area contributed by atoms with Crippen molar-refractivity contribution in [2.75, 3.05) is 28.5 Å². The second-order valence-electron chi connectivity index (χ2n) is 8.76. The van der Waals surface area contributed by atoms with Crippen LogP contribution in [0, 0.1) is 6.92 Å². The molecule has 0 bridgehead atoms. The smallest absolute Gasteiger partial charge is 0.264 e. The van der Waals surface area contributed by atoms with Crippen LogP contribution in [-0.2, 0) is 20.0 Å². The molecule has 12 heteroatoms. The fourth-order valence-corrected chi connectivity index (χ4v) is 6.13. The maximum atomic E-state index is 12.9. The molecule has 4 aromatic carbocycles. The number of ether oxygens (including phenoxy) is 1. The molecule has 0 aliphatic rings. The first kappa shape index (κ1) is 28.9. The molecule has 0 atom stereocenters. The first-order valence-electron chi connectivity index (χ1n) is 11.8. The molecule has 0 aliphatic carbocycles. The van der Waals surface area contributed by atoms with E-state index in [0.717, 1.165) is 9.87 Å². The fourth-order valence-electron chi connectivity index (χ4n) is 3.75. The molecule has 0 unspecified atom stereocenters. The number of halogens is 1. The number of methoxy groups -OCH3 is 1. The van der Waals surface area contributed by atoms with Gasteiger partial charge >= 0.3 is 0 Å². The minimum atomic E-state index is -3.91. The topological polar surface area (TPSA) is 122 Å². The summed E-state index contributed by atoms with van der Waals surface area (Å²) in [6.45, 7) is 1.84. The van der Waals surface area contributed by atoms with Crippen LogP contribution in [0.1, 0.15) is 15.9 Å². The number of sulfonamides is 2. The highest BCUT2D eigenvalue weighted by atomic mass is 35.5. The summed E-state index contributed by atoms with van der Waals surface area (Å²) in [5.41, 5.74) is 2.20. The SMILES string of the molecule is COc1ccc(C)cc1NS(=O)(=O)c1ccc(NC(=O)c2ccc(N(C)S(=O)(=O)c3ccc(Cl)cc3)cc2)cc1. The summed E-state index contributed by atoms with van der Waals surface area (Å²) < 4.78 is 60.5. The van der Waals surface area contributed by atoms with E-state index in [4.69, 9.17) is 16.3 Å². The standard InChI is InChI=1S/C28H26ClN3O6S2/c1-19-4-17-27(38-3)26(18-19)31-39(34,35)24-15-9-22(10-16-24)30-28(33)20-5-11-23(12-6-20)32(2)40(36,37)25-13-7-21(29)8-14-25/h4-18,31H,1-3H3,(H,30,33). The van der Waals surface area contributed by atoms with Crippen molar-refractivity contribution in [3.8, 4) is 5.75 Å². The third-order valence-corrected chi connectivity index (χ3v) is 9.42. The zero-order valence-electron chi connectivity index (χ0n) is 21.8. The number of aryl methyl sites for hydroxylation is 1. The Hall–Kier alpha value is -4.06. The van der Waals surface area contributed by atoms with Crippen LogP contribution in [0.2, 0.25) is 5.02 Å². The number of anilines is 3. The predicted octanol–water partition coefficient (Wildman–Crippen LogP) is 5.54. The van der Waals surface area contributed by atoms with Crippen molar-refractivity contribution in [2.24, 2.45) is 0 Å². The van der Waals surface area contributed by atoms with Gasteiger partial charge in [0.25, 0.3) is 26.0 Å². The second kappa shape index (κ2) is 11.6. The number of rotatable bonds is 9. The molecule has 0 aromatic heterocycles. The van der Waals surface area contributed by atoms with Crippen molar-refractivity contribution in [1.82, 2.24) is 0 Å². The van der Waals surface area contributed by atoms with E-state index < -0.39 is 26.0 Å². The molecular formula is C28H26ClN3O6S2. The van der Waals surface area contributed by atoms with E-state index in [1.807, 2.05) is 13.0 Å². The monoisotopic (exact) mass is 599 g/mol. The van der Waals surface area contributed by atoms with E-state index in [9.17, 15) is 21.6 Å². The van der Waals surface area contributed by atoms with Crippen molar-refractivity contribution >= 4 is 54.6 Å². The van der Waals surface area contributed by atoms with Gasteiger partial charge in [-0.3, -0.25) is 13.8 Å². The Kier molecular flexibility index (Phi) is 8.38. The minimum Gasteiger partial charge on any atom is -0.495 e.